The highest BCUT2D eigenvalue weighted by atomic mass is 35.5. The monoisotopic (exact) mass is 305 g/mol. The van der Waals surface area contributed by atoms with Crippen LogP contribution in [0, 0.1) is 0 Å². The van der Waals surface area contributed by atoms with Gasteiger partial charge in [-0.15, -0.1) is 0 Å². The summed E-state index contributed by atoms with van der Waals surface area (Å²) >= 11 is 12.9. The van der Waals surface area contributed by atoms with Crippen LogP contribution in [-0.4, -0.2) is 4.99 Å². The zero-order valence-electron chi connectivity index (χ0n) is 10.0. The Balaban J connectivity index is 1.89. The highest BCUT2D eigenvalue weighted by Crippen LogP contribution is 2.27. The van der Waals surface area contributed by atoms with Crippen molar-refractivity contribution >= 4 is 46.3 Å². The number of benzene rings is 2. The second kappa shape index (κ2) is 7.34. The second-order valence-electron chi connectivity index (χ2n) is 3.71. The maximum atomic E-state index is 6.07. The minimum Gasteiger partial charge on any atom is -0.347 e. The summed E-state index contributed by atoms with van der Waals surface area (Å²) in [5.74, 6) is 0. The third-order valence-electron chi connectivity index (χ3n) is 2.29. The largest absolute Gasteiger partial charge is 0.347 e. The molecule has 19 heavy (non-hydrogen) atoms. The lowest BCUT2D eigenvalue weighted by molar-refractivity contribution is 1.47. The van der Waals surface area contributed by atoms with Gasteiger partial charge >= 0.3 is 0 Å². The van der Waals surface area contributed by atoms with Gasteiger partial charge in [0.25, 0.3) is 0 Å². The maximum absolute atomic E-state index is 6.07. The zero-order valence-corrected chi connectivity index (χ0v) is 12.4. The Kier molecular flexibility index (Phi) is 5.45. The second-order valence-corrected chi connectivity index (χ2v) is 5.50. The Labute approximate surface area is 127 Å². The predicted octanol–water partition coefficient (Wildman–Crippen LogP) is 5.39. The number of para-hydroxylation sites is 1. The van der Waals surface area contributed by atoms with Crippen molar-refractivity contribution in [3.8, 4) is 0 Å². The summed E-state index contributed by atoms with van der Waals surface area (Å²) < 4.78 is 0. The Morgan fingerprint density at radius 2 is 1.74 bits per heavy atom. The number of hydrogen-bond acceptors (Lipinski definition) is 2. The third-order valence-corrected chi connectivity index (χ3v) is 3.85. The fourth-order valence-corrected chi connectivity index (χ4v) is 2.64. The number of anilines is 1. The number of thiocarbonyl (C=S) groups is 1. The van der Waals surface area contributed by atoms with E-state index in [-0.39, 0.29) is 0 Å². The molecule has 0 saturated heterocycles. The van der Waals surface area contributed by atoms with Gasteiger partial charge in [-0.25, -0.2) is 0 Å². The van der Waals surface area contributed by atoms with Gasteiger partial charge in [0.2, 0.25) is 0 Å². The average molecular weight is 306 g/mol. The Bertz CT molecular complexity index is 582. The van der Waals surface area contributed by atoms with E-state index in [0.29, 0.717) is 4.99 Å². The van der Waals surface area contributed by atoms with E-state index in [4.69, 9.17) is 23.8 Å². The minimum absolute atomic E-state index is 0.672. The summed E-state index contributed by atoms with van der Waals surface area (Å²) in [5.41, 5.74) is 0.986. The van der Waals surface area contributed by atoms with Crippen LogP contribution in [0.2, 0.25) is 5.02 Å². The molecule has 0 unspecified atom stereocenters. The van der Waals surface area contributed by atoms with Gasteiger partial charge in [-0.3, -0.25) is 0 Å². The molecular weight excluding hydrogens is 294 g/mol. The highest BCUT2D eigenvalue weighted by Gasteiger charge is 1.97. The molecule has 0 aliphatic rings. The molecule has 0 saturated carbocycles. The lowest BCUT2D eigenvalue weighted by atomic mass is 10.3. The van der Waals surface area contributed by atoms with Crippen LogP contribution in [-0.2, 0) is 0 Å². The predicted molar refractivity (Wildman–Crippen MR) is 89.1 cm³/mol. The van der Waals surface area contributed by atoms with Crippen molar-refractivity contribution in [1.29, 1.82) is 0 Å². The molecule has 1 N–H and O–H groups in total. The average Bonchev–Trinajstić information content (AvgIpc) is 2.42. The molecule has 0 heterocycles. The van der Waals surface area contributed by atoms with Gasteiger partial charge in [-0.05, 0) is 35.7 Å². The molecule has 0 spiro atoms. The van der Waals surface area contributed by atoms with Crippen LogP contribution in [0.3, 0.4) is 0 Å². The lowest BCUT2D eigenvalue weighted by Gasteiger charge is -2.03. The number of thioether (sulfide) groups is 1. The summed E-state index contributed by atoms with van der Waals surface area (Å²) in [6.45, 7) is 0. The standard InChI is InChI=1S/C15H12ClNS2/c16-13-8-4-5-9-14(13)19-11-10-15(18)17-12-6-2-1-3-7-12/h1-11H,(H,17,18). The van der Waals surface area contributed by atoms with Crippen LogP contribution in [0.5, 0.6) is 0 Å². The SMILES string of the molecule is S=C(C=CSc1ccccc1Cl)Nc1ccccc1. The van der Waals surface area contributed by atoms with Crippen molar-refractivity contribution in [1.82, 2.24) is 0 Å². The topological polar surface area (TPSA) is 12.0 Å². The van der Waals surface area contributed by atoms with Crippen molar-refractivity contribution < 1.29 is 0 Å². The smallest absolute Gasteiger partial charge is 0.104 e. The lowest BCUT2D eigenvalue weighted by Crippen LogP contribution is -2.04. The van der Waals surface area contributed by atoms with E-state index in [2.05, 4.69) is 5.32 Å². The van der Waals surface area contributed by atoms with Gasteiger partial charge < -0.3 is 5.32 Å². The molecule has 0 fully saturated rings. The zero-order chi connectivity index (χ0) is 13.5. The van der Waals surface area contributed by atoms with E-state index in [1.807, 2.05) is 66.1 Å². The molecule has 2 aromatic rings. The minimum atomic E-state index is 0.672. The van der Waals surface area contributed by atoms with Gasteiger partial charge in [0.15, 0.2) is 0 Å². The fraction of sp³-hybridized carbons (Fsp3) is 0. The van der Waals surface area contributed by atoms with Crippen molar-refractivity contribution in [3.63, 3.8) is 0 Å². The summed E-state index contributed by atoms with van der Waals surface area (Å²) in [6.07, 6.45) is 1.86. The number of halogens is 1. The van der Waals surface area contributed by atoms with Crippen LogP contribution in [0.15, 0.2) is 71.0 Å². The Morgan fingerprint density at radius 3 is 2.47 bits per heavy atom. The van der Waals surface area contributed by atoms with Gasteiger partial charge in [0.1, 0.15) is 4.99 Å². The molecule has 4 heteroatoms. The maximum Gasteiger partial charge on any atom is 0.104 e. The number of nitrogens with one attached hydrogen (secondary N) is 1. The summed E-state index contributed by atoms with van der Waals surface area (Å²) in [5, 5.41) is 5.82. The molecule has 0 bridgehead atoms. The molecule has 0 atom stereocenters. The third kappa shape index (κ3) is 4.71. The Morgan fingerprint density at radius 1 is 1.05 bits per heavy atom. The van der Waals surface area contributed by atoms with E-state index in [0.717, 1.165) is 15.6 Å². The van der Waals surface area contributed by atoms with Crippen LogP contribution in [0.25, 0.3) is 0 Å². The van der Waals surface area contributed by atoms with Crippen LogP contribution < -0.4 is 5.32 Å². The van der Waals surface area contributed by atoms with Crippen LogP contribution >= 0.6 is 35.6 Å². The molecule has 0 aliphatic carbocycles. The van der Waals surface area contributed by atoms with Crippen LogP contribution in [0.1, 0.15) is 0 Å². The fourth-order valence-electron chi connectivity index (χ4n) is 1.41. The molecule has 2 rings (SSSR count). The first-order valence-corrected chi connectivity index (χ1v) is 7.36. The first kappa shape index (κ1) is 14.1. The van der Waals surface area contributed by atoms with E-state index in [9.17, 15) is 0 Å². The van der Waals surface area contributed by atoms with Crippen molar-refractivity contribution in [2.24, 2.45) is 0 Å². The molecule has 96 valence electrons. The van der Waals surface area contributed by atoms with E-state index in [1.54, 1.807) is 11.8 Å². The molecule has 0 radical (unpaired) electrons. The van der Waals surface area contributed by atoms with Gasteiger partial charge in [0.05, 0.1) is 5.02 Å². The molecule has 0 aliphatic heterocycles. The van der Waals surface area contributed by atoms with Gasteiger partial charge in [-0.1, -0.05) is 65.9 Å². The molecule has 2 aromatic carbocycles. The quantitative estimate of drug-likeness (QED) is 0.462. The van der Waals surface area contributed by atoms with E-state index in [1.165, 1.54) is 0 Å². The Hall–Kier alpha value is -1.29. The molecule has 0 aromatic heterocycles. The first-order valence-electron chi connectivity index (χ1n) is 5.69. The van der Waals surface area contributed by atoms with Gasteiger partial charge in [-0.2, -0.15) is 0 Å². The number of rotatable bonds is 4. The molecular formula is C15H12ClNS2. The molecule has 0 amide bonds. The van der Waals surface area contributed by atoms with Crippen molar-refractivity contribution in [2.45, 2.75) is 4.90 Å². The first-order chi connectivity index (χ1) is 9.25. The number of hydrogen-bond donors (Lipinski definition) is 1. The van der Waals surface area contributed by atoms with E-state index >= 15 is 0 Å². The van der Waals surface area contributed by atoms with Crippen LogP contribution in [0.4, 0.5) is 5.69 Å². The summed E-state index contributed by atoms with van der Waals surface area (Å²) in [7, 11) is 0. The summed E-state index contributed by atoms with van der Waals surface area (Å²) in [4.78, 5) is 1.69. The van der Waals surface area contributed by atoms with Crippen molar-refractivity contribution in [3.05, 3.63) is 71.1 Å². The normalized spacial score (nSPS) is 10.6. The highest BCUT2D eigenvalue weighted by molar-refractivity contribution is 8.02. The van der Waals surface area contributed by atoms with Crippen molar-refractivity contribution in [2.75, 3.05) is 5.32 Å². The summed E-state index contributed by atoms with van der Waals surface area (Å²) in [6, 6.07) is 17.6. The molecule has 1 nitrogen and oxygen atoms in total. The van der Waals surface area contributed by atoms with E-state index < -0.39 is 0 Å². The van der Waals surface area contributed by atoms with Gasteiger partial charge in [0, 0.05) is 10.6 Å².